The first-order valence-electron chi connectivity index (χ1n) is 24.6. The van der Waals surface area contributed by atoms with Gasteiger partial charge in [0.1, 0.15) is 23.8 Å². The number of unbranched alkanes of at least 4 members (excludes halogenated alkanes) is 1. The number of nitrogens with two attached hydrogens (primary N) is 1. The van der Waals surface area contributed by atoms with Gasteiger partial charge in [0.25, 0.3) is 11.4 Å². The van der Waals surface area contributed by atoms with E-state index in [1.807, 2.05) is 60.7 Å². The molecule has 5 heterocycles. The number of anilines is 1. The van der Waals surface area contributed by atoms with Crippen LogP contribution in [0.5, 0.6) is 0 Å². The number of carbonyl (C=O) groups is 7. The van der Waals surface area contributed by atoms with E-state index in [-0.39, 0.29) is 68.0 Å². The van der Waals surface area contributed by atoms with E-state index in [2.05, 4.69) is 20.9 Å². The molecule has 74 heavy (non-hydrogen) atoms. The number of piperidine rings is 1. The summed E-state index contributed by atoms with van der Waals surface area (Å²) in [5, 5.41) is 8.57. The van der Waals surface area contributed by atoms with E-state index >= 15 is 0 Å². The number of fused-ring (bicyclic) bond motifs is 2. The van der Waals surface area contributed by atoms with Crippen molar-refractivity contribution < 1.29 is 52.7 Å². The smallest absolute Gasteiger partial charge is 0.372 e. The van der Waals surface area contributed by atoms with Gasteiger partial charge >= 0.3 is 13.3 Å². The van der Waals surface area contributed by atoms with Crippen molar-refractivity contribution in [3.63, 3.8) is 0 Å². The van der Waals surface area contributed by atoms with Crippen LogP contribution < -0.4 is 32.3 Å². The summed E-state index contributed by atoms with van der Waals surface area (Å²) >= 11 is 0. The molecule has 1 fully saturated rings. The number of para-hydroxylation sites is 1. The number of imide groups is 1. The number of nitrogens with one attached hydrogen (secondary N) is 4. The summed E-state index contributed by atoms with van der Waals surface area (Å²) < 4.78 is 20.9. The highest BCUT2D eigenvalue weighted by Crippen LogP contribution is 2.41. The number of rotatable bonds is 19. The van der Waals surface area contributed by atoms with Crippen molar-refractivity contribution in [1.29, 1.82) is 0 Å². The predicted octanol–water partition coefficient (Wildman–Crippen LogP) is 4.04. The molecule has 1 saturated heterocycles. The van der Waals surface area contributed by atoms with Gasteiger partial charge in [-0.1, -0.05) is 48.5 Å². The Labute approximate surface area is 424 Å². The fourth-order valence-electron chi connectivity index (χ4n) is 10.4. The van der Waals surface area contributed by atoms with Gasteiger partial charge in [0, 0.05) is 42.8 Å². The molecule has 2 aromatic heterocycles. The number of aryl methyl sites for hydroxylation is 4. The number of aromatic nitrogens is 3. The number of aromatic amines is 1. The average molecular weight is 1030 g/mol. The number of H-pyrrole nitrogens is 1. The average Bonchev–Trinajstić information content (AvgIpc) is 4.03. The summed E-state index contributed by atoms with van der Waals surface area (Å²) in [6.07, 6.45) is 4.34. The molecule has 8 N–H and O–H groups in total. The molecule has 9 rings (SSSR count). The monoisotopic (exact) mass is 1030 g/mol. The molecule has 1 unspecified atom stereocenters. The van der Waals surface area contributed by atoms with Crippen molar-refractivity contribution in [2.24, 2.45) is 12.8 Å². The summed E-state index contributed by atoms with van der Waals surface area (Å²) in [4.78, 5) is 127. The first-order chi connectivity index (χ1) is 35.3. The van der Waals surface area contributed by atoms with Crippen LogP contribution in [0.1, 0.15) is 107 Å². The number of primary amides is 1. The lowest BCUT2D eigenvalue weighted by molar-refractivity contribution is -0.135. The van der Waals surface area contributed by atoms with E-state index < -0.39 is 72.9 Å². The van der Waals surface area contributed by atoms with Gasteiger partial charge in [-0.3, -0.25) is 57.5 Å². The molecule has 20 nitrogen and oxygen atoms in total. The van der Waals surface area contributed by atoms with Gasteiger partial charge in [0.05, 0.1) is 35.5 Å². The second-order valence-electron chi connectivity index (χ2n) is 19.4. The number of benzene rings is 4. The van der Waals surface area contributed by atoms with Gasteiger partial charge in [-0.15, -0.1) is 0 Å². The first-order valence-corrected chi connectivity index (χ1v) is 26.3. The van der Waals surface area contributed by atoms with Crippen molar-refractivity contribution in [3.05, 3.63) is 134 Å². The van der Waals surface area contributed by atoms with Gasteiger partial charge in [-0.25, -0.2) is 4.79 Å². The maximum Gasteiger partial charge on any atom is 0.396 e. The Bertz CT molecular complexity index is 3350. The van der Waals surface area contributed by atoms with Crippen molar-refractivity contribution in [1.82, 2.24) is 30.1 Å². The zero-order valence-corrected chi connectivity index (χ0v) is 41.7. The van der Waals surface area contributed by atoms with Crippen LogP contribution in [0.3, 0.4) is 0 Å². The third-order valence-electron chi connectivity index (χ3n) is 14.4. The molecule has 3 aliphatic rings. The molecular weight excluding hydrogens is 972 g/mol. The first kappa shape index (κ1) is 51.4. The van der Waals surface area contributed by atoms with Crippen molar-refractivity contribution >= 4 is 76.2 Å². The molecular formula is C53H57N8O12P. The molecule has 6 aromatic rings. The molecule has 0 spiro atoms. The molecule has 0 radical (unpaired) electrons. The summed E-state index contributed by atoms with van der Waals surface area (Å²) in [6.45, 7) is 2.02. The van der Waals surface area contributed by atoms with Crippen LogP contribution >= 0.6 is 7.60 Å². The second kappa shape index (κ2) is 21.1. The minimum atomic E-state index is -5.04. The van der Waals surface area contributed by atoms with E-state index in [0.29, 0.717) is 28.5 Å². The summed E-state index contributed by atoms with van der Waals surface area (Å²) in [7, 11) is -3.36. The van der Waals surface area contributed by atoms with E-state index in [0.717, 1.165) is 59.0 Å². The molecule has 5 atom stereocenters. The maximum atomic E-state index is 14.5. The minimum absolute atomic E-state index is 0.0272. The maximum absolute atomic E-state index is 14.5. The van der Waals surface area contributed by atoms with Gasteiger partial charge < -0.3 is 35.9 Å². The predicted molar refractivity (Wildman–Crippen MR) is 272 cm³/mol. The standard InChI is InChI=1S/C53H57N8O12P/c1-29(73-28-32-12-10-30(11-13-32)6-3-4-7-31-14-20-41-43(24-31)59(2)53(69)60(41)42-21-23-46(63)58-49(42)65)37(19-22-45(54)62)56-50(66)44-27-34-9-5-8-33-15-18-39(51(67)61(44)47(33)34)57-48(64)40-26-36-25-35(16-17-38(36)55-40)52(68)74(70,71)72/h5,8-14,16-17,20,24-26,29,37,39,42,44,55H,3-4,6-7,15,18-19,21-23,27-28H2,1-2H3,(H2,54,62)(H,56,66)(H,57,64)(H,58,63,65)(H2,70,71,72)/t29-,37+,39+,42?,44+/m1/s1. The Morgan fingerprint density at radius 1 is 0.865 bits per heavy atom. The number of ether oxygens (including phenoxy) is 1. The van der Waals surface area contributed by atoms with Crippen LogP contribution in [0.15, 0.2) is 89.7 Å². The number of hydrogen-bond acceptors (Lipinski definition) is 10. The highest BCUT2D eigenvalue weighted by molar-refractivity contribution is 7.70. The molecule has 4 aromatic carbocycles. The summed E-state index contributed by atoms with van der Waals surface area (Å²) in [5.41, 5.74) is 10.9. The van der Waals surface area contributed by atoms with Gasteiger partial charge in [-0.2, -0.15) is 0 Å². The van der Waals surface area contributed by atoms with E-state index in [4.69, 9.17) is 10.5 Å². The Kier molecular flexibility index (Phi) is 14.7. The molecule has 386 valence electrons. The number of nitrogens with zero attached hydrogens (tertiary/aromatic N) is 3. The fourth-order valence-corrected chi connectivity index (χ4v) is 10.8. The molecule has 0 bridgehead atoms. The molecule has 21 heteroatoms. The Balaban J connectivity index is 0.800. The topological polar surface area (TPSA) is 294 Å². The second-order valence-corrected chi connectivity index (χ2v) is 20.9. The van der Waals surface area contributed by atoms with Crippen molar-refractivity contribution in [2.45, 2.75) is 114 Å². The van der Waals surface area contributed by atoms with Crippen molar-refractivity contribution in [3.8, 4) is 0 Å². The van der Waals surface area contributed by atoms with E-state index in [9.17, 15) is 52.7 Å². The van der Waals surface area contributed by atoms with Gasteiger partial charge in [-0.05, 0) is 123 Å². The number of carbonyl (C=O) groups excluding carboxylic acids is 7. The Hall–Kier alpha value is -7.51. The number of hydrogen-bond donors (Lipinski definition) is 7. The highest BCUT2D eigenvalue weighted by atomic mass is 31.2. The minimum Gasteiger partial charge on any atom is -0.372 e. The van der Waals surface area contributed by atoms with Crippen molar-refractivity contribution in [2.75, 3.05) is 4.90 Å². The molecule has 0 aliphatic carbocycles. The van der Waals surface area contributed by atoms with Gasteiger partial charge in [0.15, 0.2) is 0 Å². The quantitative estimate of drug-likeness (QED) is 0.0344. The third-order valence-corrected chi connectivity index (χ3v) is 15.2. The van der Waals surface area contributed by atoms with E-state index in [1.54, 1.807) is 18.5 Å². The van der Waals surface area contributed by atoms with Crippen LogP contribution in [0, 0.1) is 0 Å². The van der Waals surface area contributed by atoms with Gasteiger partial charge in [0.2, 0.25) is 29.5 Å². The number of imidazole rings is 1. The number of amides is 6. The van der Waals surface area contributed by atoms with Crippen LogP contribution in [0.4, 0.5) is 5.69 Å². The summed E-state index contributed by atoms with van der Waals surface area (Å²) in [6, 6.07) is 21.5. The molecule has 3 aliphatic heterocycles. The molecule has 0 saturated carbocycles. The fraction of sp³-hybridized carbons (Fsp3) is 0.358. The molecule has 6 amide bonds. The third kappa shape index (κ3) is 10.8. The van der Waals surface area contributed by atoms with Crippen LogP contribution in [-0.2, 0) is 72.6 Å². The van der Waals surface area contributed by atoms with Crippen LogP contribution in [-0.4, -0.2) is 89.1 Å². The highest BCUT2D eigenvalue weighted by Gasteiger charge is 2.45. The zero-order valence-electron chi connectivity index (χ0n) is 40.8. The summed E-state index contributed by atoms with van der Waals surface area (Å²) in [5.74, 6) is -2.94. The SMILES string of the molecule is C[C@@H](OCc1ccc(CCCCc2ccc3c(c2)n(C)c(=O)n3C2CCC(=O)NC2=O)cc1)[C@H](CCC(N)=O)NC(=O)[C@@H]1Cc2cccc3c2N1C(=O)[C@@H](NC(=O)c1cc2cc(C(=O)P(=O)(O)O)ccc2[nH]1)CC3. The Morgan fingerprint density at radius 2 is 1.58 bits per heavy atom. The normalized spacial score (nSPS) is 18.5. The lowest BCUT2D eigenvalue weighted by atomic mass is 10.0. The van der Waals surface area contributed by atoms with E-state index in [1.165, 1.54) is 33.7 Å². The van der Waals surface area contributed by atoms with Crippen LogP contribution in [0.2, 0.25) is 0 Å². The Morgan fingerprint density at radius 3 is 2.31 bits per heavy atom. The lowest BCUT2D eigenvalue weighted by Crippen LogP contribution is -2.56. The zero-order chi connectivity index (χ0) is 52.6. The largest absolute Gasteiger partial charge is 0.396 e. The lowest BCUT2D eigenvalue weighted by Gasteiger charge is -2.31. The van der Waals surface area contributed by atoms with Crippen LogP contribution in [0.25, 0.3) is 21.9 Å².